The van der Waals surface area contributed by atoms with Gasteiger partial charge < -0.3 is 5.32 Å². The summed E-state index contributed by atoms with van der Waals surface area (Å²) in [5, 5.41) is 3.28. The number of ketones is 2. The van der Waals surface area contributed by atoms with Crippen molar-refractivity contribution >= 4 is 23.1 Å². The highest BCUT2D eigenvalue weighted by atomic mass is 16.2. The third-order valence-corrected chi connectivity index (χ3v) is 4.75. The first-order valence-corrected chi connectivity index (χ1v) is 8.31. The number of aliphatic imine (C=N–C) groups is 1. The number of carbonyl (C=O) groups excluding carboxylic acids is 2. The van der Waals surface area contributed by atoms with Crippen LogP contribution in [-0.4, -0.2) is 23.4 Å². The van der Waals surface area contributed by atoms with Crippen LogP contribution in [0.2, 0.25) is 0 Å². The lowest BCUT2D eigenvalue weighted by Gasteiger charge is -2.30. The van der Waals surface area contributed by atoms with Crippen LogP contribution in [-0.2, 0) is 10.2 Å². The molecule has 0 aromatic heterocycles. The smallest absolute Gasteiger partial charge is 0.182 e. The van der Waals surface area contributed by atoms with Gasteiger partial charge in [-0.3, -0.25) is 14.6 Å². The summed E-state index contributed by atoms with van der Waals surface area (Å²) in [6.07, 6.45) is 3.25. The van der Waals surface area contributed by atoms with Gasteiger partial charge in [-0.25, -0.2) is 0 Å². The van der Waals surface area contributed by atoms with Crippen molar-refractivity contribution in [3.63, 3.8) is 0 Å². The van der Waals surface area contributed by atoms with Crippen LogP contribution >= 0.6 is 0 Å². The Labute approximate surface area is 137 Å². The second-order valence-electron chi connectivity index (χ2n) is 7.64. The average molecular weight is 312 g/mol. The maximum Gasteiger partial charge on any atom is 0.182 e. The van der Waals surface area contributed by atoms with Gasteiger partial charge in [0.1, 0.15) is 17.5 Å². The molecule has 2 aliphatic rings. The fraction of sp³-hybridized carbons (Fsp3) is 0.526. The van der Waals surface area contributed by atoms with Gasteiger partial charge in [0.05, 0.1) is 11.7 Å². The number of nitrogens with one attached hydrogen (secondary N) is 1. The zero-order chi connectivity index (χ0) is 16.8. The minimum absolute atomic E-state index is 0.00244. The number of nitrogens with zero attached hydrogens (tertiary/aromatic N) is 1. The molecule has 1 aromatic carbocycles. The minimum atomic E-state index is -0.774. The Morgan fingerprint density at radius 2 is 1.96 bits per heavy atom. The Balaban J connectivity index is 2.04. The molecule has 1 fully saturated rings. The van der Waals surface area contributed by atoms with E-state index in [-0.39, 0.29) is 23.0 Å². The van der Waals surface area contributed by atoms with Crippen LogP contribution in [0.4, 0.5) is 5.69 Å². The molecule has 0 saturated heterocycles. The van der Waals surface area contributed by atoms with Crippen LogP contribution in [0.1, 0.15) is 62.9 Å². The van der Waals surface area contributed by atoms with E-state index < -0.39 is 5.92 Å². The maximum atomic E-state index is 12.8. The third kappa shape index (κ3) is 2.94. The molecule has 0 spiro atoms. The Kier molecular flexibility index (Phi) is 3.86. The highest BCUT2D eigenvalue weighted by Gasteiger charge is 2.37. The summed E-state index contributed by atoms with van der Waals surface area (Å²) >= 11 is 0. The number of rotatable bonds is 2. The number of benzene rings is 1. The standard InChI is InChI=1S/C19H24N2O2/c1-11(22)16-17(23)14-9-8-12(19(2,3)4)10-15(14)21-18(16)20-13-6-5-7-13/h8-10,13,16H,5-7H2,1-4H3,(H,20,21). The van der Waals surface area contributed by atoms with Crippen molar-refractivity contribution in [3.8, 4) is 0 Å². The van der Waals surface area contributed by atoms with Crippen molar-refractivity contribution in [3.05, 3.63) is 29.3 Å². The summed E-state index contributed by atoms with van der Waals surface area (Å²) in [5.74, 6) is -0.523. The summed E-state index contributed by atoms with van der Waals surface area (Å²) in [6.45, 7) is 7.89. The van der Waals surface area contributed by atoms with E-state index in [2.05, 4.69) is 31.1 Å². The number of fused-ring (bicyclic) bond motifs is 1. The molecule has 1 aliphatic heterocycles. The monoisotopic (exact) mass is 312 g/mol. The van der Waals surface area contributed by atoms with Crippen molar-refractivity contribution in [2.75, 3.05) is 5.32 Å². The van der Waals surface area contributed by atoms with Gasteiger partial charge in [0.15, 0.2) is 5.78 Å². The first-order valence-electron chi connectivity index (χ1n) is 8.31. The first kappa shape index (κ1) is 15.9. The second-order valence-corrected chi connectivity index (χ2v) is 7.64. The molecule has 3 rings (SSSR count). The lowest BCUT2D eigenvalue weighted by atomic mass is 9.82. The molecule has 1 heterocycles. The van der Waals surface area contributed by atoms with Gasteiger partial charge in [-0.15, -0.1) is 0 Å². The Morgan fingerprint density at radius 1 is 1.26 bits per heavy atom. The number of anilines is 1. The highest BCUT2D eigenvalue weighted by Crippen LogP contribution is 2.33. The second kappa shape index (κ2) is 5.59. The molecule has 1 saturated carbocycles. The topological polar surface area (TPSA) is 58.5 Å². The summed E-state index contributed by atoms with van der Waals surface area (Å²) < 4.78 is 0. The van der Waals surface area contributed by atoms with Crippen molar-refractivity contribution in [2.45, 2.75) is 58.4 Å². The molecule has 1 aromatic rings. The SMILES string of the molecule is CC(=O)C1C(=O)c2ccc(C(C)(C)C)cc2NC1=NC1CCC1. The van der Waals surface area contributed by atoms with E-state index in [1.807, 2.05) is 18.2 Å². The van der Waals surface area contributed by atoms with Gasteiger partial charge in [0, 0.05) is 5.56 Å². The van der Waals surface area contributed by atoms with Crippen LogP contribution in [0, 0.1) is 5.92 Å². The lowest BCUT2D eigenvalue weighted by Crippen LogP contribution is -2.41. The molecule has 122 valence electrons. The van der Waals surface area contributed by atoms with Gasteiger partial charge >= 0.3 is 0 Å². The lowest BCUT2D eigenvalue weighted by molar-refractivity contribution is -0.117. The fourth-order valence-corrected chi connectivity index (χ4v) is 3.02. The number of hydrogen-bond donors (Lipinski definition) is 1. The average Bonchev–Trinajstić information content (AvgIpc) is 2.41. The fourth-order valence-electron chi connectivity index (χ4n) is 3.02. The van der Waals surface area contributed by atoms with E-state index in [0.717, 1.165) is 24.1 Å². The molecule has 23 heavy (non-hydrogen) atoms. The van der Waals surface area contributed by atoms with Crippen molar-refractivity contribution in [2.24, 2.45) is 10.9 Å². The van der Waals surface area contributed by atoms with Crippen molar-refractivity contribution in [1.29, 1.82) is 0 Å². The molecule has 0 bridgehead atoms. The molecule has 1 atom stereocenters. The van der Waals surface area contributed by atoms with Crippen LogP contribution in [0.3, 0.4) is 0 Å². The van der Waals surface area contributed by atoms with Gasteiger partial charge in [0.2, 0.25) is 0 Å². The normalized spacial score (nSPS) is 23.2. The molecule has 1 aliphatic carbocycles. The highest BCUT2D eigenvalue weighted by molar-refractivity contribution is 6.32. The van der Waals surface area contributed by atoms with Crippen LogP contribution in [0.15, 0.2) is 23.2 Å². The predicted octanol–water partition coefficient (Wildman–Crippen LogP) is 3.75. The van der Waals surface area contributed by atoms with Crippen LogP contribution in [0.5, 0.6) is 0 Å². The zero-order valence-electron chi connectivity index (χ0n) is 14.3. The van der Waals surface area contributed by atoms with E-state index in [1.54, 1.807) is 0 Å². The van der Waals surface area contributed by atoms with Crippen LogP contribution in [0.25, 0.3) is 0 Å². The van der Waals surface area contributed by atoms with Crippen LogP contribution < -0.4 is 5.32 Å². The maximum absolute atomic E-state index is 12.8. The van der Waals surface area contributed by atoms with Gasteiger partial charge in [0.25, 0.3) is 0 Å². The van der Waals surface area contributed by atoms with Crippen molar-refractivity contribution in [1.82, 2.24) is 0 Å². The zero-order valence-corrected chi connectivity index (χ0v) is 14.3. The first-order chi connectivity index (χ1) is 10.8. The van der Waals surface area contributed by atoms with Crippen molar-refractivity contribution < 1.29 is 9.59 Å². The van der Waals surface area contributed by atoms with Gasteiger partial charge in [-0.1, -0.05) is 26.8 Å². The van der Waals surface area contributed by atoms with E-state index >= 15 is 0 Å². The summed E-state index contributed by atoms with van der Waals surface area (Å²) in [7, 11) is 0. The Morgan fingerprint density at radius 3 is 2.48 bits per heavy atom. The Bertz CT molecular complexity index is 694. The van der Waals surface area contributed by atoms with E-state index in [9.17, 15) is 9.59 Å². The molecule has 0 amide bonds. The molecule has 1 N–H and O–H groups in total. The predicted molar refractivity (Wildman–Crippen MR) is 92.3 cm³/mol. The quantitative estimate of drug-likeness (QED) is 0.846. The van der Waals surface area contributed by atoms with Gasteiger partial charge in [-0.2, -0.15) is 0 Å². The number of carbonyl (C=O) groups is 2. The molecular formula is C19H24N2O2. The minimum Gasteiger partial charge on any atom is -0.342 e. The number of amidine groups is 1. The van der Waals surface area contributed by atoms with E-state index in [1.165, 1.54) is 13.3 Å². The number of hydrogen-bond acceptors (Lipinski definition) is 3. The molecule has 4 heteroatoms. The number of Topliss-reactive ketones (excluding diaryl/α,β-unsaturated/α-hetero) is 2. The molecule has 1 unspecified atom stereocenters. The summed E-state index contributed by atoms with van der Waals surface area (Å²) in [6, 6.07) is 6.07. The Hall–Kier alpha value is -1.97. The van der Waals surface area contributed by atoms with E-state index in [4.69, 9.17) is 0 Å². The largest absolute Gasteiger partial charge is 0.342 e. The summed E-state index contributed by atoms with van der Waals surface area (Å²) in [4.78, 5) is 29.4. The molecule has 0 radical (unpaired) electrons. The third-order valence-electron chi connectivity index (χ3n) is 4.75. The molecular weight excluding hydrogens is 288 g/mol. The van der Waals surface area contributed by atoms with E-state index in [0.29, 0.717) is 11.4 Å². The molecule has 4 nitrogen and oxygen atoms in total. The summed E-state index contributed by atoms with van der Waals surface area (Å²) in [5.41, 5.74) is 2.52. The van der Waals surface area contributed by atoms with Gasteiger partial charge in [-0.05, 0) is 49.3 Å².